The molecular formula is C16H18N2O5. The number of carbonyl (C=O) groups is 4. The maximum atomic E-state index is 12.6. The highest BCUT2D eigenvalue weighted by Crippen LogP contribution is 2.18. The molecule has 23 heavy (non-hydrogen) atoms. The molecular weight excluding hydrogens is 300 g/mol. The van der Waals surface area contributed by atoms with Crippen molar-refractivity contribution in [3.8, 4) is 0 Å². The third-order valence-electron chi connectivity index (χ3n) is 3.83. The van der Waals surface area contributed by atoms with Crippen LogP contribution in [-0.4, -0.2) is 46.8 Å². The molecule has 1 aromatic rings. The van der Waals surface area contributed by atoms with Gasteiger partial charge in [0.1, 0.15) is 6.04 Å². The molecule has 0 aromatic heterocycles. The Morgan fingerprint density at radius 2 is 2.17 bits per heavy atom. The molecule has 2 rings (SSSR count). The fraction of sp³-hybridized carbons (Fsp3) is 0.375. The molecule has 1 aromatic carbocycles. The lowest BCUT2D eigenvalue weighted by Crippen LogP contribution is -2.53. The van der Waals surface area contributed by atoms with Crippen LogP contribution in [0.1, 0.15) is 34.3 Å². The van der Waals surface area contributed by atoms with Crippen molar-refractivity contribution in [3.05, 3.63) is 34.9 Å². The van der Waals surface area contributed by atoms with Crippen molar-refractivity contribution in [2.24, 2.45) is 0 Å². The van der Waals surface area contributed by atoms with Crippen molar-refractivity contribution >= 4 is 24.1 Å². The van der Waals surface area contributed by atoms with Gasteiger partial charge in [-0.1, -0.05) is 12.1 Å². The number of nitrogens with one attached hydrogen (secondary N) is 1. The average molecular weight is 318 g/mol. The summed E-state index contributed by atoms with van der Waals surface area (Å²) < 4.78 is 0. The number of carbonyl (C=O) groups excluding carboxylic acids is 4. The number of aryl methyl sites for hydroxylation is 1. The Bertz CT molecular complexity index is 656. The first-order valence-electron chi connectivity index (χ1n) is 7.30. The average Bonchev–Trinajstić information content (AvgIpc) is 2.52. The van der Waals surface area contributed by atoms with E-state index in [1.165, 1.54) is 0 Å². The molecule has 0 radical (unpaired) electrons. The van der Waals surface area contributed by atoms with Crippen molar-refractivity contribution in [2.45, 2.75) is 32.2 Å². The molecule has 1 aliphatic rings. The van der Waals surface area contributed by atoms with Crippen LogP contribution in [0.4, 0.5) is 0 Å². The van der Waals surface area contributed by atoms with E-state index in [4.69, 9.17) is 5.11 Å². The van der Waals surface area contributed by atoms with Crippen LogP contribution in [0.25, 0.3) is 0 Å². The van der Waals surface area contributed by atoms with Gasteiger partial charge < -0.3 is 5.11 Å². The van der Waals surface area contributed by atoms with Crippen LogP contribution in [0, 0.1) is 6.92 Å². The first-order chi connectivity index (χ1) is 11.0. The molecule has 0 aliphatic carbocycles. The summed E-state index contributed by atoms with van der Waals surface area (Å²) in [4.78, 5) is 47.9. The van der Waals surface area contributed by atoms with Gasteiger partial charge in [-0.05, 0) is 37.0 Å². The third-order valence-corrected chi connectivity index (χ3v) is 3.83. The van der Waals surface area contributed by atoms with Gasteiger partial charge in [0.2, 0.25) is 18.2 Å². The number of amides is 4. The van der Waals surface area contributed by atoms with E-state index in [9.17, 15) is 19.2 Å². The first kappa shape index (κ1) is 16.8. The van der Waals surface area contributed by atoms with Crippen molar-refractivity contribution < 1.29 is 24.3 Å². The molecule has 122 valence electrons. The van der Waals surface area contributed by atoms with Crippen LogP contribution in [-0.2, 0) is 20.8 Å². The first-order valence-corrected chi connectivity index (χ1v) is 7.30. The Hall–Kier alpha value is -2.54. The highest BCUT2D eigenvalue weighted by Gasteiger charge is 2.35. The molecule has 1 unspecified atom stereocenters. The van der Waals surface area contributed by atoms with E-state index in [0.717, 1.165) is 10.5 Å². The van der Waals surface area contributed by atoms with Crippen molar-refractivity contribution in [2.75, 3.05) is 6.61 Å². The molecule has 0 bridgehead atoms. The number of hydrogen-bond acceptors (Lipinski definition) is 5. The Labute approximate surface area is 133 Å². The standard InChI is InChI=1S/C16H18N2O5/c1-10-2-3-11(6-7-19)8-12(10)16(23)18(9-20)13-4-5-14(21)17-15(13)22/h2-3,8-9,13,19H,4-7H2,1H3,(H,17,21,22). The zero-order valence-electron chi connectivity index (χ0n) is 12.7. The number of piperidine rings is 1. The Balaban J connectivity index is 2.29. The second-order valence-corrected chi connectivity index (χ2v) is 5.41. The number of hydrogen-bond donors (Lipinski definition) is 2. The van der Waals surface area contributed by atoms with Crippen LogP contribution < -0.4 is 5.32 Å². The van der Waals surface area contributed by atoms with E-state index in [2.05, 4.69) is 5.32 Å². The summed E-state index contributed by atoms with van der Waals surface area (Å²) in [5, 5.41) is 11.1. The SMILES string of the molecule is Cc1ccc(CCO)cc1C(=O)N(C=O)C1CCC(=O)NC1=O. The normalized spacial score (nSPS) is 17.6. The number of benzene rings is 1. The summed E-state index contributed by atoms with van der Waals surface area (Å²) in [6.45, 7) is 1.67. The van der Waals surface area contributed by atoms with Crippen molar-refractivity contribution in [1.82, 2.24) is 10.2 Å². The van der Waals surface area contributed by atoms with Gasteiger partial charge in [-0.3, -0.25) is 29.4 Å². The summed E-state index contributed by atoms with van der Waals surface area (Å²) in [6, 6.07) is 4.14. The van der Waals surface area contributed by atoms with Crippen molar-refractivity contribution in [3.63, 3.8) is 0 Å². The maximum Gasteiger partial charge on any atom is 0.261 e. The number of rotatable bonds is 5. The second-order valence-electron chi connectivity index (χ2n) is 5.41. The molecule has 0 saturated carbocycles. The lowest BCUT2D eigenvalue weighted by molar-refractivity contribution is -0.139. The quantitative estimate of drug-likeness (QED) is 0.584. The summed E-state index contributed by atoms with van der Waals surface area (Å²) >= 11 is 0. The van der Waals surface area contributed by atoms with E-state index < -0.39 is 23.8 Å². The van der Waals surface area contributed by atoms with E-state index in [0.29, 0.717) is 24.0 Å². The Morgan fingerprint density at radius 1 is 1.43 bits per heavy atom. The third kappa shape index (κ3) is 3.62. The van der Waals surface area contributed by atoms with E-state index in [1.54, 1.807) is 25.1 Å². The van der Waals surface area contributed by atoms with Crippen LogP contribution in [0.3, 0.4) is 0 Å². The van der Waals surface area contributed by atoms with Gasteiger partial charge in [0, 0.05) is 18.6 Å². The zero-order valence-corrected chi connectivity index (χ0v) is 12.7. The minimum atomic E-state index is -0.987. The molecule has 7 heteroatoms. The van der Waals surface area contributed by atoms with Gasteiger partial charge >= 0.3 is 0 Å². The number of aliphatic hydroxyl groups excluding tert-OH is 1. The van der Waals surface area contributed by atoms with E-state index >= 15 is 0 Å². The predicted octanol–water partition coefficient (Wildman–Crippen LogP) is -0.0664. The minimum Gasteiger partial charge on any atom is -0.396 e. The fourth-order valence-electron chi connectivity index (χ4n) is 2.53. The number of imide groups is 2. The maximum absolute atomic E-state index is 12.6. The van der Waals surface area contributed by atoms with Gasteiger partial charge in [0.15, 0.2) is 0 Å². The molecule has 2 N–H and O–H groups in total. The highest BCUT2D eigenvalue weighted by atomic mass is 16.3. The van der Waals surface area contributed by atoms with E-state index in [1.807, 2.05) is 0 Å². The largest absolute Gasteiger partial charge is 0.396 e. The highest BCUT2D eigenvalue weighted by molar-refractivity contribution is 6.07. The van der Waals surface area contributed by atoms with Gasteiger partial charge in [-0.25, -0.2) is 0 Å². The molecule has 1 fully saturated rings. The van der Waals surface area contributed by atoms with Crippen LogP contribution >= 0.6 is 0 Å². The Kier molecular flexibility index (Phi) is 5.23. The molecule has 0 spiro atoms. The monoisotopic (exact) mass is 318 g/mol. The van der Waals surface area contributed by atoms with Crippen LogP contribution in [0.15, 0.2) is 18.2 Å². The van der Waals surface area contributed by atoms with Gasteiger partial charge in [-0.15, -0.1) is 0 Å². The second kappa shape index (κ2) is 7.15. The van der Waals surface area contributed by atoms with Gasteiger partial charge in [-0.2, -0.15) is 0 Å². The fourth-order valence-corrected chi connectivity index (χ4v) is 2.53. The summed E-state index contributed by atoms with van der Waals surface area (Å²) in [5.41, 5.74) is 1.72. The lowest BCUT2D eigenvalue weighted by atomic mass is 10.00. The molecule has 1 atom stereocenters. The Morgan fingerprint density at radius 3 is 2.78 bits per heavy atom. The predicted molar refractivity (Wildman–Crippen MR) is 80.4 cm³/mol. The zero-order chi connectivity index (χ0) is 17.0. The lowest BCUT2D eigenvalue weighted by Gasteiger charge is -2.28. The summed E-state index contributed by atoms with van der Waals surface area (Å²) in [5.74, 6) is -1.65. The van der Waals surface area contributed by atoms with E-state index in [-0.39, 0.29) is 19.4 Å². The number of aliphatic hydroxyl groups is 1. The summed E-state index contributed by atoms with van der Waals surface area (Å²) in [7, 11) is 0. The van der Waals surface area contributed by atoms with Gasteiger partial charge in [0.05, 0.1) is 0 Å². The van der Waals surface area contributed by atoms with Crippen molar-refractivity contribution in [1.29, 1.82) is 0 Å². The van der Waals surface area contributed by atoms with Gasteiger partial charge in [0.25, 0.3) is 5.91 Å². The van der Waals surface area contributed by atoms with Crippen LogP contribution in [0.2, 0.25) is 0 Å². The molecule has 1 saturated heterocycles. The topological polar surface area (TPSA) is 104 Å². The number of nitrogens with zero attached hydrogens (tertiary/aromatic N) is 1. The molecule has 1 aliphatic heterocycles. The van der Waals surface area contributed by atoms with Crippen LogP contribution in [0.5, 0.6) is 0 Å². The molecule has 7 nitrogen and oxygen atoms in total. The molecule has 4 amide bonds. The minimum absolute atomic E-state index is 0.0543. The summed E-state index contributed by atoms with van der Waals surface area (Å²) in [6.07, 6.45) is 0.905. The molecule has 1 heterocycles. The smallest absolute Gasteiger partial charge is 0.261 e.